The maximum absolute atomic E-state index is 12.8. The third-order valence-corrected chi connectivity index (χ3v) is 4.51. The Bertz CT molecular complexity index is 967. The molecule has 6 nitrogen and oxygen atoms in total. The fraction of sp³-hybridized carbons (Fsp3) is 0.200. The summed E-state index contributed by atoms with van der Waals surface area (Å²) in [7, 11) is 1.55. The Kier molecular flexibility index (Phi) is 7.27. The van der Waals surface area contributed by atoms with E-state index in [4.69, 9.17) is 9.47 Å². The SMILES string of the molecule is COc1cc(C(NC(=O)c2ccccc2)NC(=O)c2ccccc2)ccc1OC(C)C. The second-order valence-corrected chi connectivity index (χ2v) is 7.19. The summed E-state index contributed by atoms with van der Waals surface area (Å²) in [6.07, 6.45) is -0.798. The molecule has 3 aromatic rings. The van der Waals surface area contributed by atoms with E-state index in [9.17, 15) is 9.59 Å². The number of rotatable bonds is 8. The molecule has 3 rings (SSSR count). The third kappa shape index (κ3) is 5.85. The first-order valence-corrected chi connectivity index (χ1v) is 10.0. The molecule has 0 radical (unpaired) electrons. The first-order valence-electron chi connectivity index (χ1n) is 10.0. The number of carbonyl (C=O) groups excluding carboxylic acids is 2. The second-order valence-electron chi connectivity index (χ2n) is 7.19. The van der Waals surface area contributed by atoms with Gasteiger partial charge in [-0.3, -0.25) is 9.59 Å². The van der Waals surface area contributed by atoms with E-state index < -0.39 is 6.17 Å². The van der Waals surface area contributed by atoms with E-state index in [2.05, 4.69) is 10.6 Å². The normalized spacial score (nSPS) is 10.6. The highest BCUT2D eigenvalue weighted by atomic mass is 16.5. The Morgan fingerprint density at radius 2 is 1.26 bits per heavy atom. The number of benzene rings is 3. The van der Waals surface area contributed by atoms with Crippen molar-refractivity contribution in [2.75, 3.05) is 7.11 Å². The Hall–Kier alpha value is -3.80. The van der Waals surface area contributed by atoms with Gasteiger partial charge >= 0.3 is 0 Å². The van der Waals surface area contributed by atoms with Crippen LogP contribution in [0.1, 0.15) is 46.3 Å². The molecule has 0 atom stereocenters. The van der Waals surface area contributed by atoms with Crippen LogP contribution in [0.3, 0.4) is 0 Å². The van der Waals surface area contributed by atoms with Crippen molar-refractivity contribution in [3.63, 3.8) is 0 Å². The molecular weight excluding hydrogens is 392 g/mol. The van der Waals surface area contributed by atoms with Gasteiger partial charge in [-0.2, -0.15) is 0 Å². The Balaban J connectivity index is 1.91. The molecule has 0 spiro atoms. The molecule has 2 N–H and O–H groups in total. The predicted octanol–water partition coefficient (Wildman–Crippen LogP) is 4.34. The molecule has 3 aromatic carbocycles. The van der Waals surface area contributed by atoms with Crippen molar-refractivity contribution in [2.45, 2.75) is 26.1 Å². The van der Waals surface area contributed by atoms with Gasteiger partial charge in [-0.05, 0) is 55.8 Å². The first kappa shape index (κ1) is 21.9. The van der Waals surface area contributed by atoms with Crippen LogP contribution in [0.15, 0.2) is 78.9 Å². The van der Waals surface area contributed by atoms with Crippen LogP contribution in [0.2, 0.25) is 0 Å². The highest BCUT2D eigenvalue weighted by molar-refractivity contribution is 5.96. The summed E-state index contributed by atoms with van der Waals surface area (Å²) in [5, 5.41) is 5.79. The molecule has 0 aromatic heterocycles. The zero-order chi connectivity index (χ0) is 22.2. The van der Waals surface area contributed by atoms with E-state index in [1.807, 2.05) is 26.0 Å². The molecule has 0 bridgehead atoms. The minimum atomic E-state index is -0.776. The van der Waals surface area contributed by atoms with Crippen molar-refractivity contribution in [1.82, 2.24) is 10.6 Å². The quantitative estimate of drug-likeness (QED) is 0.534. The Morgan fingerprint density at radius 1 is 0.742 bits per heavy atom. The molecule has 6 heteroatoms. The molecule has 0 saturated heterocycles. The van der Waals surface area contributed by atoms with Gasteiger partial charge in [-0.1, -0.05) is 42.5 Å². The average Bonchev–Trinajstić information content (AvgIpc) is 2.79. The molecule has 0 fully saturated rings. The molecular formula is C25H26N2O4. The molecule has 0 heterocycles. The van der Waals surface area contributed by atoms with E-state index in [1.54, 1.807) is 73.8 Å². The number of amides is 2. The molecule has 0 unspecified atom stereocenters. The van der Waals surface area contributed by atoms with Crippen LogP contribution in [-0.4, -0.2) is 25.0 Å². The number of ether oxygens (including phenoxy) is 2. The lowest BCUT2D eigenvalue weighted by molar-refractivity contribution is 0.0883. The van der Waals surface area contributed by atoms with Crippen molar-refractivity contribution in [1.29, 1.82) is 0 Å². The molecule has 0 aliphatic carbocycles. The van der Waals surface area contributed by atoms with Crippen LogP contribution in [-0.2, 0) is 0 Å². The van der Waals surface area contributed by atoms with E-state index >= 15 is 0 Å². The molecule has 0 saturated carbocycles. The van der Waals surface area contributed by atoms with Gasteiger partial charge in [-0.25, -0.2) is 0 Å². The largest absolute Gasteiger partial charge is 0.493 e. The average molecular weight is 418 g/mol. The Labute approximate surface area is 182 Å². The minimum Gasteiger partial charge on any atom is -0.493 e. The highest BCUT2D eigenvalue weighted by Gasteiger charge is 2.21. The molecule has 0 aliphatic rings. The highest BCUT2D eigenvalue weighted by Crippen LogP contribution is 2.31. The lowest BCUT2D eigenvalue weighted by Gasteiger charge is -2.22. The number of nitrogens with one attached hydrogen (secondary N) is 2. The van der Waals surface area contributed by atoms with Crippen LogP contribution in [0.4, 0.5) is 0 Å². The van der Waals surface area contributed by atoms with E-state index in [0.717, 1.165) is 0 Å². The summed E-state index contributed by atoms with van der Waals surface area (Å²) < 4.78 is 11.2. The van der Waals surface area contributed by atoms with Crippen molar-refractivity contribution in [3.8, 4) is 11.5 Å². The van der Waals surface area contributed by atoms with Gasteiger partial charge in [0.05, 0.1) is 13.2 Å². The number of hydrogen-bond acceptors (Lipinski definition) is 4. The number of methoxy groups -OCH3 is 1. The summed E-state index contributed by atoms with van der Waals surface area (Å²) in [4.78, 5) is 25.6. The van der Waals surface area contributed by atoms with Crippen LogP contribution in [0.5, 0.6) is 11.5 Å². The van der Waals surface area contributed by atoms with Crippen LogP contribution in [0.25, 0.3) is 0 Å². The maximum atomic E-state index is 12.8. The van der Waals surface area contributed by atoms with Gasteiger partial charge in [0.25, 0.3) is 11.8 Å². The van der Waals surface area contributed by atoms with Crippen LogP contribution < -0.4 is 20.1 Å². The standard InChI is InChI=1S/C25H26N2O4/c1-17(2)31-21-15-14-20(16-22(21)30-3)23(26-24(28)18-10-6-4-7-11-18)27-25(29)19-12-8-5-9-13-19/h4-17,23H,1-3H3,(H,26,28)(H,27,29). The topological polar surface area (TPSA) is 76.7 Å². The third-order valence-electron chi connectivity index (χ3n) is 4.51. The molecule has 2 amide bonds. The summed E-state index contributed by atoms with van der Waals surface area (Å²) in [6.45, 7) is 3.85. The zero-order valence-electron chi connectivity index (χ0n) is 17.8. The number of hydrogen-bond donors (Lipinski definition) is 2. The van der Waals surface area contributed by atoms with Gasteiger partial charge in [0, 0.05) is 11.1 Å². The zero-order valence-corrected chi connectivity index (χ0v) is 17.8. The van der Waals surface area contributed by atoms with Gasteiger partial charge in [0.15, 0.2) is 11.5 Å². The molecule has 160 valence electrons. The monoisotopic (exact) mass is 418 g/mol. The number of carbonyl (C=O) groups is 2. The maximum Gasteiger partial charge on any atom is 0.253 e. The van der Waals surface area contributed by atoms with Crippen LogP contribution in [0, 0.1) is 0 Å². The van der Waals surface area contributed by atoms with E-state index in [0.29, 0.717) is 28.2 Å². The summed E-state index contributed by atoms with van der Waals surface area (Å²) in [6, 6.07) is 23.0. The van der Waals surface area contributed by atoms with E-state index in [1.165, 1.54) is 0 Å². The molecule has 31 heavy (non-hydrogen) atoms. The van der Waals surface area contributed by atoms with Crippen molar-refractivity contribution < 1.29 is 19.1 Å². The second kappa shape index (κ2) is 10.3. The lowest BCUT2D eigenvalue weighted by Crippen LogP contribution is -2.41. The van der Waals surface area contributed by atoms with Crippen molar-refractivity contribution in [3.05, 3.63) is 95.6 Å². The lowest BCUT2D eigenvalue weighted by atomic mass is 10.1. The summed E-state index contributed by atoms with van der Waals surface area (Å²) >= 11 is 0. The van der Waals surface area contributed by atoms with Crippen molar-refractivity contribution in [2.24, 2.45) is 0 Å². The van der Waals surface area contributed by atoms with Crippen molar-refractivity contribution >= 4 is 11.8 Å². The Morgan fingerprint density at radius 3 is 1.71 bits per heavy atom. The van der Waals surface area contributed by atoms with Crippen LogP contribution >= 0.6 is 0 Å². The summed E-state index contributed by atoms with van der Waals surface area (Å²) in [5.74, 6) is 0.490. The predicted molar refractivity (Wildman–Crippen MR) is 119 cm³/mol. The van der Waals surface area contributed by atoms with Gasteiger partial charge < -0.3 is 20.1 Å². The van der Waals surface area contributed by atoms with E-state index in [-0.39, 0.29) is 17.9 Å². The van der Waals surface area contributed by atoms with Gasteiger partial charge in [-0.15, -0.1) is 0 Å². The van der Waals surface area contributed by atoms with Gasteiger partial charge in [0.1, 0.15) is 6.17 Å². The smallest absolute Gasteiger partial charge is 0.253 e. The minimum absolute atomic E-state index is 0.0221. The molecule has 0 aliphatic heterocycles. The summed E-state index contributed by atoms with van der Waals surface area (Å²) in [5.41, 5.74) is 1.64. The fourth-order valence-electron chi connectivity index (χ4n) is 3.03. The fourth-order valence-corrected chi connectivity index (χ4v) is 3.03. The first-order chi connectivity index (χ1) is 15.0. The van der Waals surface area contributed by atoms with Gasteiger partial charge in [0.2, 0.25) is 0 Å².